The minimum Gasteiger partial charge on any atom is -0.434 e. The van der Waals surface area contributed by atoms with Gasteiger partial charge in [-0.2, -0.15) is 8.78 Å². The van der Waals surface area contributed by atoms with Crippen molar-refractivity contribution in [3.8, 4) is 5.75 Å². The minimum atomic E-state index is -2.83. The van der Waals surface area contributed by atoms with Gasteiger partial charge < -0.3 is 15.0 Å². The zero-order valence-electron chi connectivity index (χ0n) is 13.5. The molecule has 0 atom stereocenters. The second-order valence-electron chi connectivity index (χ2n) is 4.74. The van der Waals surface area contributed by atoms with Gasteiger partial charge in [0.15, 0.2) is 5.96 Å². The first-order valence-electron chi connectivity index (χ1n) is 7.14. The zero-order valence-corrected chi connectivity index (χ0v) is 15.8. The number of nitrogens with one attached hydrogen (secondary N) is 1. The topological polar surface area (TPSA) is 36.9 Å². The monoisotopic (exact) mass is 439 g/mol. The van der Waals surface area contributed by atoms with Gasteiger partial charge in [0.25, 0.3) is 0 Å². The molecule has 0 aliphatic rings. The van der Waals surface area contributed by atoms with Gasteiger partial charge in [-0.25, -0.2) is 0 Å². The number of alkyl halides is 2. The predicted molar refractivity (Wildman–Crippen MR) is 101 cm³/mol. The maximum atomic E-state index is 12.4. The summed E-state index contributed by atoms with van der Waals surface area (Å²) in [4.78, 5) is 6.18. The highest BCUT2D eigenvalue weighted by atomic mass is 127. The molecule has 0 saturated carbocycles. The van der Waals surface area contributed by atoms with Crippen molar-refractivity contribution >= 4 is 29.9 Å². The highest BCUT2D eigenvalue weighted by Crippen LogP contribution is 2.19. The summed E-state index contributed by atoms with van der Waals surface area (Å²) in [5.74, 6) is 0.880. The van der Waals surface area contributed by atoms with Crippen molar-refractivity contribution in [2.45, 2.75) is 26.0 Å². The highest BCUT2D eigenvalue weighted by molar-refractivity contribution is 14.0. The van der Waals surface area contributed by atoms with Gasteiger partial charge in [-0.15, -0.1) is 30.6 Å². The third-order valence-electron chi connectivity index (χ3n) is 3.10. The van der Waals surface area contributed by atoms with E-state index in [1.165, 1.54) is 6.07 Å². The predicted octanol–water partition coefficient (Wildman–Crippen LogP) is 3.88. The molecule has 7 heteroatoms. The van der Waals surface area contributed by atoms with E-state index in [1.807, 2.05) is 18.0 Å². The molecule has 130 valence electrons. The zero-order chi connectivity index (χ0) is 16.4. The van der Waals surface area contributed by atoms with Gasteiger partial charge in [0, 0.05) is 32.7 Å². The number of unbranched alkanes of at least 4 members (excludes halogenated alkanes) is 1. The van der Waals surface area contributed by atoms with E-state index in [0.717, 1.165) is 19.4 Å². The summed E-state index contributed by atoms with van der Waals surface area (Å²) in [6.45, 7) is 2.06. The van der Waals surface area contributed by atoms with Crippen LogP contribution in [0.3, 0.4) is 0 Å². The molecule has 0 bridgehead atoms. The van der Waals surface area contributed by atoms with Gasteiger partial charge in [0.1, 0.15) is 5.75 Å². The molecule has 0 unspecified atom stereocenters. The van der Waals surface area contributed by atoms with Gasteiger partial charge in [0.05, 0.1) is 0 Å². The molecule has 23 heavy (non-hydrogen) atoms. The first-order chi connectivity index (χ1) is 10.6. The SMILES string of the molecule is C=CCCCN(C)C(=NC)NCc1ccccc1OC(F)F.I. The third-order valence-corrected chi connectivity index (χ3v) is 3.10. The molecule has 4 nitrogen and oxygen atoms in total. The molecule has 1 aromatic carbocycles. The first-order valence-corrected chi connectivity index (χ1v) is 7.14. The van der Waals surface area contributed by atoms with Gasteiger partial charge in [-0.3, -0.25) is 4.99 Å². The molecule has 0 saturated heterocycles. The van der Waals surface area contributed by atoms with Crippen molar-refractivity contribution < 1.29 is 13.5 Å². The van der Waals surface area contributed by atoms with E-state index in [0.29, 0.717) is 18.1 Å². The fourth-order valence-corrected chi connectivity index (χ4v) is 2.00. The molecular formula is C16H24F2IN3O. The fourth-order valence-electron chi connectivity index (χ4n) is 2.00. The Morgan fingerprint density at radius 1 is 1.43 bits per heavy atom. The maximum absolute atomic E-state index is 12.4. The number of hydrogen-bond acceptors (Lipinski definition) is 2. The van der Waals surface area contributed by atoms with E-state index in [2.05, 4.69) is 21.6 Å². The number of aliphatic imine (C=N–C) groups is 1. The number of benzene rings is 1. The Balaban J connectivity index is 0.00000484. The van der Waals surface area contributed by atoms with Crippen LogP contribution in [-0.2, 0) is 6.54 Å². The van der Waals surface area contributed by atoms with Crippen LogP contribution in [0.1, 0.15) is 18.4 Å². The quantitative estimate of drug-likeness (QED) is 0.220. The lowest BCUT2D eigenvalue weighted by Crippen LogP contribution is -2.39. The largest absolute Gasteiger partial charge is 0.434 e. The first kappa shape index (κ1) is 21.6. The Labute approximate surface area is 153 Å². The Kier molecular flexibility index (Phi) is 11.4. The minimum absolute atomic E-state index is 0. The number of ether oxygens (including phenoxy) is 1. The highest BCUT2D eigenvalue weighted by Gasteiger charge is 2.10. The van der Waals surface area contributed by atoms with Crippen molar-refractivity contribution in [3.63, 3.8) is 0 Å². The maximum Gasteiger partial charge on any atom is 0.387 e. The second-order valence-corrected chi connectivity index (χ2v) is 4.74. The Bertz CT molecular complexity index is 498. The van der Waals surface area contributed by atoms with E-state index in [9.17, 15) is 8.78 Å². The van der Waals surface area contributed by atoms with E-state index in [4.69, 9.17) is 0 Å². The van der Waals surface area contributed by atoms with Crippen molar-refractivity contribution in [1.82, 2.24) is 10.2 Å². The number of nitrogens with zero attached hydrogens (tertiary/aromatic N) is 2. The summed E-state index contributed by atoms with van der Waals surface area (Å²) >= 11 is 0. The molecule has 0 fully saturated rings. The summed E-state index contributed by atoms with van der Waals surface area (Å²) in [5, 5.41) is 3.15. The van der Waals surface area contributed by atoms with Crippen molar-refractivity contribution in [2.75, 3.05) is 20.6 Å². The Morgan fingerprint density at radius 2 is 2.13 bits per heavy atom. The van der Waals surface area contributed by atoms with Crippen molar-refractivity contribution in [3.05, 3.63) is 42.5 Å². The fraction of sp³-hybridized carbons (Fsp3) is 0.438. The standard InChI is InChI=1S/C16H23F2N3O.HI/c1-4-5-8-11-21(3)16(19-2)20-12-13-9-6-7-10-14(13)22-15(17)18;/h4,6-7,9-10,15H,1,5,8,11-12H2,2-3H3,(H,19,20);1H. The molecule has 1 N–H and O–H groups in total. The molecule has 0 aliphatic carbocycles. The van der Waals surface area contributed by atoms with E-state index < -0.39 is 6.61 Å². The van der Waals surface area contributed by atoms with Gasteiger partial charge in [-0.1, -0.05) is 24.3 Å². The van der Waals surface area contributed by atoms with Crippen LogP contribution >= 0.6 is 24.0 Å². The van der Waals surface area contributed by atoms with E-state index in [1.54, 1.807) is 25.2 Å². The number of halogens is 3. The molecule has 0 aliphatic heterocycles. The number of hydrogen-bond donors (Lipinski definition) is 1. The number of rotatable bonds is 8. The smallest absolute Gasteiger partial charge is 0.387 e. The van der Waals surface area contributed by atoms with E-state index in [-0.39, 0.29) is 29.7 Å². The van der Waals surface area contributed by atoms with E-state index >= 15 is 0 Å². The average Bonchev–Trinajstić information content (AvgIpc) is 2.49. The molecule has 0 amide bonds. The van der Waals surface area contributed by atoms with Crippen LogP contribution in [0.15, 0.2) is 41.9 Å². The molecule has 1 rings (SSSR count). The van der Waals surface area contributed by atoms with Crippen molar-refractivity contribution in [1.29, 1.82) is 0 Å². The van der Waals surface area contributed by atoms with Crippen LogP contribution in [0.25, 0.3) is 0 Å². The Morgan fingerprint density at radius 3 is 2.74 bits per heavy atom. The molecular weight excluding hydrogens is 415 g/mol. The Hall–Kier alpha value is -1.38. The molecule has 0 aromatic heterocycles. The van der Waals surface area contributed by atoms with Crippen LogP contribution in [0.4, 0.5) is 8.78 Å². The van der Waals surface area contributed by atoms with Crippen LogP contribution in [0.5, 0.6) is 5.75 Å². The molecule has 0 radical (unpaired) electrons. The van der Waals surface area contributed by atoms with Gasteiger partial charge in [0.2, 0.25) is 0 Å². The normalized spacial score (nSPS) is 10.9. The van der Waals surface area contributed by atoms with Crippen LogP contribution < -0.4 is 10.1 Å². The van der Waals surface area contributed by atoms with Crippen molar-refractivity contribution in [2.24, 2.45) is 4.99 Å². The van der Waals surface area contributed by atoms with Crippen LogP contribution in [-0.4, -0.2) is 38.1 Å². The summed E-state index contributed by atoms with van der Waals surface area (Å²) in [6, 6.07) is 6.72. The average molecular weight is 439 g/mol. The molecule has 0 heterocycles. The number of para-hydroxylation sites is 1. The van der Waals surface area contributed by atoms with Crippen LogP contribution in [0.2, 0.25) is 0 Å². The van der Waals surface area contributed by atoms with Gasteiger partial charge >= 0.3 is 6.61 Å². The summed E-state index contributed by atoms with van der Waals surface area (Å²) in [5.41, 5.74) is 0.656. The second kappa shape index (κ2) is 12.1. The van der Waals surface area contributed by atoms with Crippen LogP contribution in [0, 0.1) is 0 Å². The molecule has 1 aromatic rings. The summed E-state index contributed by atoms with van der Waals surface area (Å²) in [7, 11) is 3.62. The number of guanidine groups is 1. The lowest BCUT2D eigenvalue weighted by molar-refractivity contribution is -0.0504. The third kappa shape index (κ3) is 8.15. The lowest BCUT2D eigenvalue weighted by Gasteiger charge is -2.22. The lowest BCUT2D eigenvalue weighted by atomic mass is 10.2. The molecule has 0 spiro atoms. The van der Waals surface area contributed by atoms with Gasteiger partial charge in [-0.05, 0) is 18.9 Å². The summed E-state index contributed by atoms with van der Waals surface area (Å²) < 4.78 is 29.3. The number of allylic oxidation sites excluding steroid dienone is 1. The summed E-state index contributed by atoms with van der Waals surface area (Å²) in [6.07, 6.45) is 3.79.